The van der Waals surface area contributed by atoms with Gasteiger partial charge in [-0.05, 0) is 6.07 Å². The van der Waals surface area contributed by atoms with Crippen LogP contribution in [0.25, 0.3) is 0 Å². The molecule has 0 amide bonds. The molecule has 1 aromatic heterocycles. The largest absolute Gasteiger partial charge is 0.481 e. The van der Waals surface area contributed by atoms with Crippen molar-refractivity contribution in [1.29, 1.82) is 0 Å². The summed E-state index contributed by atoms with van der Waals surface area (Å²) in [6.07, 6.45) is -0.650. The van der Waals surface area contributed by atoms with Gasteiger partial charge in [0.25, 0.3) is 5.92 Å². The lowest BCUT2D eigenvalue weighted by molar-refractivity contribution is -0.145. The predicted molar refractivity (Wildman–Crippen MR) is 45.4 cm³/mol. The molecule has 0 bridgehead atoms. The molecule has 1 rings (SSSR count). The fraction of sp³-hybridized carbons (Fsp3) is 0.250. The first-order valence-corrected chi connectivity index (χ1v) is 4.12. The van der Waals surface area contributed by atoms with Crippen molar-refractivity contribution < 1.29 is 23.1 Å². The average Bonchev–Trinajstić information content (AvgIpc) is 2.06. The fourth-order valence-electron chi connectivity index (χ4n) is 0.964. The van der Waals surface area contributed by atoms with Crippen LogP contribution in [-0.4, -0.2) is 16.1 Å². The monoisotopic (exact) mass is 239 g/mol. The van der Waals surface area contributed by atoms with Crippen LogP contribution in [0.4, 0.5) is 13.2 Å². The van der Waals surface area contributed by atoms with Crippen LogP contribution in [0.5, 0.6) is 0 Å². The van der Waals surface area contributed by atoms with Crippen molar-refractivity contribution in [2.75, 3.05) is 0 Å². The third kappa shape index (κ3) is 2.82. The molecule has 0 atom stereocenters. The molecule has 82 valence electrons. The minimum Gasteiger partial charge on any atom is -0.481 e. The van der Waals surface area contributed by atoms with Crippen molar-refractivity contribution in [2.45, 2.75) is 12.3 Å². The molecule has 0 radical (unpaired) electrons. The number of halogens is 4. The third-order valence-corrected chi connectivity index (χ3v) is 1.78. The Balaban J connectivity index is 3.13. The summed E-state index contributed by atoms with van der Waals surface area (Å²) in [6.45, 7) is 0. The molecule has 0 aliphatic carbocycles. The Bertz CT molecular complexity index is 397. The summed E-state index contributed by atoms with van der Waals surface area (Å²) < 4.78 is 39.1. The van der Waals surface area contributed by atoms with E-state index in [1.54, 1.807) is 0 Å². The number of alkyl halides is 2. The van der Waals surface area contributed by atoms with E-state index in [2.05, 4.69) is 4.98 Å². The highest BCUT2D eigenvalue weighted by Crippen LogP contribution is 2.33. The van der Waals surface area contributed by atoms with Crippen LogP contribution >= 0.6 is 11.6 Å². The molecule has 1 heterocycles. The van der Waals surface area contributed by atoms with E-state index in [1.165, 1.54) is 0 Å². The molecular weight excluding hydrogens is 235 g/mol. The second kappa shape index (κ2) is 4.06. The molecule has 0 fully saturated rings. The molecule has 1 aromatic rings. The number of pyridine rings is 1. The summed E-state index contributed by atoms with van der Waals surface area (Å²) >= 11 is 5.35. The first-order valence-electron chi connectivity index (χ1n) is 3.74. The van der Waals surface area contributed by atoms with Gasteiger partial charge in [0, 0.05) is 6.20 Å². The minimum absolute atomic E-state index is 0.184. The lowest BCUT2D eigenvalue weighted by Crippen LogP contribution is -2.20. The maximum Gasteiger partial charge on any atom is 0.309 e. The van der Waals surface area contributed by atoms with Gasteiger partial charge in [-0.25, -0.2) is 13.8 Å². The molecule has 0 aliphatic heterocycles. The lowest BCUT2D eigenvalue weighted by atomic mass is 10.1. The lowest BCUT2D eigenvalue weighted by Gasteiger charge is -2.14. The van der Waals surface area contributed by atoms with Gasteiger partial charge in [-0.1, -0.05) is 11.6 Å². The molecule has 0 aliphatic rings. The van der Waals surface area contributed by atoms with Gasteiger partial charge in [-0.2, -0.15) is 4.39 Å². The Hall–Kier alpha value is -1.30. The minimum atomic E-state index is -3.83. The predicted octanol–water partition coefficient (Wildman–Crippen LogP) is 2.44. The summed E-state index contributed by atoms with van der Waals surface area (Å²) in [5.74, 6) is -6.99. The Morgan fingerprint density at radius 3 is 2.73 bits per heavy atom. The van der Waals surface area contributed by atoms with Crippen molar-refractivity contribution in [3.8, 4) is 0 Å². The van der Waals surface area contributed by atoms with E-state index in [0.29, 0.717) is 6.07 Å². The quantitative estimate of drug-likeness (QED) is 0.825. The van der Waals surface area contributed by atoms with E-state index in [9.17, 15) is 18.0 Å². The average molecular weight is 240 g/mol. The number of carboxylic acids is 1. The zero-order valence-electron chi connectivity index (χ0n) is 7.18. The number of nitrogens with zero attached hydrogens (tertiary/aromatic N) is 1. The molecule has 3 nitrogen and oxygen atoms in total. The van der Waals surface area contributed by atoms with Gasteiger partial charge in [0.2, 0.25) is 5.95 Å². The standard InChI is InChI=1S/C8H5ClF3NO2/c9-4-1-5(7(10)13-3-4)8(11,12)2-6(14)15/h1,3H,2H2,(H,14,15). The first kappa shape index (κ1) is 11.8. The number of aromatic nitrogens is 1. The Morgan fingerprint density at radius 1 is 1.60 bits per heavy atom. The van der Waals surface area contributed by atoms with Crippen LogP contribution in [0.1, 0.15) is 12.0 Å². The van der Waals surface area contributed by atoms with Crippen LogP contribution in [0.15, 0.2) is 12.3 Å². The van der Waals surface area contributed by atoms with Crippen molar-refractivity contribution in [1.82, 2.24) is 4.98 Å². The van der Waals surface area contributed by atoms with Crippen LogP contribution in [-0.2, 0) is 10.7 Å². The zero-order valence-corrected chi connectivity index (χ0v) is 7.93. The third-order valence-electron chi connectivity index (χ3n) is 1.57. The maximum atomic E-state index is 13.1. The summed E-state index contributed by atoms with van der Waals surface area (Å²) in [5.41, 5.74) is -1.11. The molecular formula is C8H5ClF3NO2. The number of aliphatic carboxylic acids is 1. The highest BCUT2D eigenvalue weighted by molar-refractivity contribution is 6.30. The van der Waals surface area contributed by atoms with Crippen molar-refractivity contribution in [3.05, 3.63) is 28.8 Å². The van der Waals surface area contributed by atoms with Crippen LogP contribution in [0, 0.1) is 5.95 Å². The van der Waals surface area contributed by atoms with Crippen molar-refractivity contribution >= 4 is 17.6 Å². The van der Waals surface area contributed by atoms with Gasteiger partial charge < -0.3 is 5.11 Å². The Kier molecular flexibility index (Phi) is 3.18. The van der Waals surface area contributed by atoms with E-state index >= 15 is 0 Å². The molecule has 7 heteroatoms. The molecule has 0 saturated heterocycles. The number of carbonyl (C=O) groups is 1. The summed E-state index contributed by atoms with van der Waals surface area (Å²) in [6, 6.07) is 0.660. The van der Waals surface area contributed by atoms with E-state index in [-0.39, 0.29) is 5.02 Å². The maximum absolute atomic E-state index is 13.1. The molecule has 0 aromatic carbocycles. The number of hydrogen-bond donors (Lipinski definition) is 1. The second-order valence-corrected chi connectivity index (χ2v) is 3.20. The summed E-state index contributed by atoms with van der Waals surface area (Å²) in [5, 5.41) is 8.03. The van der Waals surface area contributed by atoms with E-state index in [0.717, 1.165) is 6.20 Å². The summed E-state index contributed by atoms with van der Waals surface area (Å²) in [7, 11) is 0. The van der Waals surface area contributed by atoms with Gasteiger partial charge in [0.1, 0.15) is 6.42 Å². The molecule has 0 unspecified atom stereocenters. The van der Waals surface area contributed by atoms with Gasteiger partial charge >= 0.3 is 5.97 Å². The molecule has 0 saturated carbocycles. The van der Waals surface area contributed by atoms with E-state index in [4.69, 9.17) is 16.7 Å². The van der Waals surface area contributed by atoms with Gasteiger partial charge in [0.15, 0.2) is 0 Å². The van der Waals surface area contributed by atoms with Crippen LogP contribution < -0.4 is 0 Å². The fourth-order valence-corrected chi connectivity index (χ4v) is 1.12. The van der Waals surface area contributed by atoms with Gasteiger partial charge in [-0.15, -0.1) is 0 Å². The highest BCUT2D eigenvalue weighted by Gasteiger charge is 2.38. The normalized spacial score (nSPS) is 11.5. The molecule has 15 heavy (non-hydrogen) atoms. The number of carboxylic acid groups (broad SMARTS) is 1. The highest BCUT2D eigenvalue weighted by atomic mass is 35.5. The number of rotatable bonds is 3. The van der Waals surface area contributed by atoms with Crippen molar-refractivity contribution in [2.24, 2.45) is 0 Å². The van der Waals surface area contributed by atoms with Crippen molar-refractivity contribution in [3.63, 3.8) is 0 Å². The van der Waals surface area contributed by atoms with Gasteiger partial charge in [0.05, 0.1) is 10.6 Å². The molecule has 1 N–H and O–H groups in total. The topological polar surface area (TPSA) is 50.2 Å². The first-order chi connectivity index (χ1) is 6.83. The van der Waals surface area contributed by atoms with E-state index < -0.39 is 29.8 Å². The van der Waals surface area contributed by atoms with Gasteiger partial charge in [-0.3, -0.25) is 4.79 Å². The number of hydrogen-bond acceptors (Lipinski definition) is 2. The molecule has 0 spiro atoms. The summed E-state index contributed by atoms with van der Waals surface area (Å²) in [4.78, 5) is 13.1. The Labute approximate surface area is 87.5 Å². The Morgan fingerprint density at radius 2 is 2.20 bits per heavy atom. The SMILES string of the molecule is O=C(O)CC(F)(F)c1cc(Cl)cnc1F. The van der Waals surface area contributed by atoms with E-state index in [1.807, 2.05) is 0 Å². The van der Waals surface area contributed by atoms with Crippen LogP contribution in [0.2, 0.25) is 5.02 Å². The second-order valence-electron chi connectivity index (χ2n) is 2.77. The zero-order chi connectivity index (χ0) is 11.6. The smallest absolute Gasteiger partial charge is 0.309 e. The van der Waals surface area contributed by atoms with Crippen LogP contribution in [0.3, 0.4) is 0 Å².